The van der Waals surface area contributed by atoms with Gasteiger partial charge in [-0.1, -0.05) is 18.9 Å². The van der Waals surface area contributed by atoms with Crippen molar-refractivity contribution in [2.45, 2.75) is 50.6 Å². The Hall–Kier alpha value is -1.68. The summed E-state index contributed by atoms with van der Waals surface area (Å²) in [6, 6.07) is 7.68. The molecule has 21 heavy (non-hydrogen) atoms. The van der Waals surface area contributed by atoms with Crippen LogP contribution in [-0.2, 0) is 0 Å². The summed E-state index contributed by atoms with van der Waals surface area (Å²) in [6.07, 6.45) is 13.7. The second kappa shape index (κ2) is 5.60. The fourth-order valence-electron chi connectivity index (χ4n) is 3.94. The number of aromatic nitrogens is 3. The van der Waals surface area contributed by atoms with Crippen molar-refractivity contribution in [3.05, 3.63) is 42.6 Å². The summed E-state index contributed by atoms with van der Waals surface area (Å²) in [6.45, 7) is 1.24. The number of imidazole rings is 1. The third kappa shape index (κ3) is 2.48. The van der Waals surface area contributed by atoms with Crippen molar-refractivity contribution in [1.29, 1.82) is 0 Å². The molecule has 0 bridgehead atoms. The summed E-state index contributed by atoms with van der Waals surface area (Å²) < 4.78 is 1.98. The molecule has 0 aromatic carbocycles. The Morgan fingerprint density at radius 1 is 1.05 bits per heavy atom. The molecule has 1 aliphatic carbocycles. The highest BCUT2D eigenvalue weighted by atomic mass is 15.2. The molecule has 1 saturated carbocycles. The number of hydrogen-bond donors (Lipinski definition) is 0. The van der Waals surface area contributed by atoms with Gasteiger partial charge in [0.1, 0.15) is 12.1 Å². The molecule has 4 rings (SSSR count). The minimum atomic E-state index is 0.511. The third-order valence-corrected chi connectivity index (χ3v) is 4.95. The van der Waals surface area contributed by atoms with Gasteiger partial charge in [0.25, 0.3) is 0 Å². The topological polar surface area (TPSA) is 34.0 Å². The number of likely N-dealkylation sites (tertiary alicyclic amines) is 1. The molecule has 3 heterocycles. The van der Waals surface area contributed by atoms with E-state index in [1.54, 1.807) is 6.20 Å². The van der Waals surface area contributed by atoms with Gasteiger partial charge in [-0.2, -0.15) is 0 Å². The van der Waals surface area contributed by atoms with Crippen LogP contribution in [0.4, 0.5) is 0 Å². The van der Waals surface area contributed by atoms with E-state index in [1.807, 2.05) is 17.1 Å². The van der Waals surface area contributed by atoms with Gasteiger partial charge in [-0.15, -0.1) is 0 Å². The summed E-state index contributed by atoms with van der Waals surface area (Å²) in [4.78, 5) is 11.7. The van der Waals surface area contributed by atoms with Gasteiger partial charge in [0, 0.05) is 18.4 Å². The Morgan fingerprint density at radius 2 is 1.95 bits per heavy atom. The van der Waals surface area contributed by atoms with Gasteiger partial charge in [0.15, 0.2) is 0 Å². The van der Waals surface area contributed by atoms with Crippen LogP contribution < -0.4 is 0 Å². The van der Waals surface area contributed by atoms with Gasteiger partial charge in [-0.3, -0.25) is 9.47 Å². The average Bonchev–Trinajstić information content (AvgIpc) is 3.26. The summed E-state index contributed by atoms with van der Waals surface area (Å²) in [5, 5.41) is 0. The second-order valence-electron chi connectivity index (χ2n) is 6.22. The van der Waals surface area contributed by atoms with Crippen molar-refractivity contribution in [1.82, 2.24) is 19.4 Å². The van der Waals surface area contributed by atoms with Crippen LogP contribution >= 0.6 is 0 Å². The van der Waals surface area contributed by atoms with Crippen molar-refractivity contribution in [3.8, 4) is 5.82 Å². The molecule has 0 radical (unpaired) electrons. The fraction of sp³-hybridized carbons (Fsp3) is 0.529. The summed E-state index contributed by atoms with van der Waals surface area (Å²) in [5.41, 5.74) is 1.23. The van der Waals surface area contributed by atoms with Gasteiger partial charge < -0.3 is 0 Å². The van der Waals surface area contributed by atoms with Crippen LogP contribution in [0.3, 0.4) is 0 Å². The quantitative estimate of drug-likeness (QED) is 0.865. The van der Waals surface area contributed by atoms with Crippen LogP contribution in [0.5, 0.6) is 0 Å². The minimum absolute atomic E-state index is 0.511. The van der Waals surface area contributed by atoms with Crippen molar-refractivity contribution < 1.29 is 0 Å². The molecule has 4 nitrogen and oxygen atoms in total. The number of hydrogen-bond acceptors (Lipinski definition) is 3. The van der Waals surface area contributed by atoms with E-state index in [0.717, 1.165) is 11.9 Å². The number of nitrogens with zero attached hydrogens (tertiary/aromatic N) is 4. The molecule has 2 fully saturated rings. The van der Waals surface area contributed by atoms with Crippen molar-refractivity contribution in [2.24, 2.45) is 0 Å². The molecule has 0 N–H and O–H groups in total. The third-order valence-electron chi connectivity index (χ3n) is 4.95. The highest BCUT2D eigenvalue weighted by molar-refractivity contribution is 5.26. The molecular formula is C17H22N4. The van der Waals surface area contributed by atoms with Gasteiger partial charge in [-0.05, 0) is 44.4 Å². The van der Waals surface area contributed by atoms with Crippen molar-refractivity contribution in [2.75, 3.05) is 6.54 Å². The predicted octanol–water partition coefficient (Wildman–Crippen LogP) is 3.35. The zero-order valence-electron chi connectivity index (χ0n) is 12.4. The highest BCUT2D eigenvalue weighted by Gasteiger charge is 2.33. The maximum absolute atomic E-state index is 4.90. The molecule has 1 atom stereocenters. The smallest absolute Gasteiger partial charge is 0.138 e. The molecule has 1 saturated heterocycles. The van der Waals surface area contributed by atoms with Crippen LogP contribution in [-0.4, -0.2) is 32.0 Å². The maximum atomic E-state index is 4.90. The first-order valence-electron chi connectivity index (χ1n) is 8.13. The Morgan fingerprint density at radius 3 is 2.76 bits per heavy atom. The van der Waals surface area contributed by atoms with Crippen LogP contribution in [0.25, 0.3) is 5.82 Å². The standard InChI is InChI=1S/C17H22N4/c1-2-6-14(5-1)21-11-4-8-16(21)15-7-3-9-17(19-15)20-12-10-18-13-20/h3,7,9-10,12-14,16H,1-2,4-6,8,11H2. The van der Waals surface area contributed by atoms with Gasteiger partial charge >= 0.3 is 0 Å². The molecule has 2 aromatic rings. The van der Waals surface area contributed by atoms with Crippen LogP contribution in [0, 0.1) is 0 Å². The van der Waals surface area contributed by atoms with Crippen molar-refractivity contribution in [3.63, 3.8) is 0 Å². The SMILES string of the molecule is c1cc(C2CCCN2C2CCCC2)nc(-n2ccnc2)c1. The molecule has 0 spiro atoms. The fourth-order valence-corrected chi connectivity index (χ4v) is 3.94. The Kier molecular flexibility index (Phi) is 3.47. The number of rotatable bonds is 3. The molecule has 2 aromatic heterocycles. The summed E-state index contributed by atoms with van der Waals surface area (Å²) in [7, 11) is 0. The van der Waals surface area contributed by atoms with E-state index < -0.39 is 0 Å². The van der Waals surface area contributed by atoms with E-state index in [1.165, 1.54) is 50.8 Å². The van der Waals surface area contributed by atoms with Gasteiger partial charge in [0.05, 0.1) is 11.7 Å². The summed E-state index contributed by atoms with van der Waals surface area (Å²) >= 11 is 0. The van der Waals surface area contributed by atoms with Crippen molar-refractivity contribution >= 4 is 0 Å². The lowest BCUT2D eigenvalue weighted by molar-refractivity contribution is 0.180. The second-order valence-corrected chi connectivity index (χ2v) is 6.22. The largest absolute Gasteiger partial charge is 0.292 e. The van der Waals surface area contributed by atoms with E-state index in [9.17, 15) is 0 Å². The lowest BCUT2D eigenvalue weighted by Crippen LogP contribution is -2.33. The molecule has 2 aliphatic rings. The zero-order chi connectivity index (χ0) is 14.1. The Labute approximate surface area is 125 Å². The first-order chi connectivity index (χ1) is 10.4. The van der Waals surface area contributed by atoms with Gasteiger partial charge in [-0.25, -0.2) is 9.97 Å². The Bertz CT molecular complexity index is 587. The highest BCUT2D eigenvalue weighted by Crippen LogP contribution is 2.37. The van der Waals surface area contributed by atoms with E-state index in [0.29, 0.717) is 6.04 Å². The minimum Gasteiger partial charge on any atom is -0.292 e. The number of pyridine rings is 1. The zero-order valence-corrected chi connectivity index (χ0v) is 12.4. The molecule has 1 unspecified atom stereocenters. The first kappa shape index (κ1) is 13.0. The maximum Gasteiger partial charge on any atom is 0.138 e. The van der Waals surface area contributed by atoms with E-state index in [4.69, 9.17) is 4.98 Å². The van der Waals surface area contributed by atoms with E-state index >= 15 is 0 Å². The predicted molar refractivity (Wildman–Crippen MR) is 82.3 cm³/mol. The summed E-state index contributed by atoms with van der Waals surface area (Å²) in [5.74, 6) is 0.975. The monoisotopic (exact) mass is 282 g/mol. The van der Waals surface area contributed by atoms with Crippen LogP contribution in [0.15, 0.2) is 36.9 Å². The molecule has 1 aliphatic heterocycles. The van der Waals surface area contributed by atoms with E-state index in [2.05, 4.69) is 28.1 Å². The first-order valence-corrected chi connectivity index (χ1v) is 8.13. The van der Waals surface area contributed by atoms with E-state index in [-0.39, 0.29) is 0 Å². The average molecular weight is 282 g/mol. The molecule has 110 valence electrons. The molecule has 0 amide bonds. The lowest BCUT2D eigenvalue weighted by Gasteiger charge is -2.30. The lowest BCUT2D eigenvalue weighted by atomic mass is 10.1. The van der Waals surface area contributed by atoms with Gasteiger partial charge in [0.2, 0.25) is 0 Å². The normalized spacial score (nSPS) is 23.9. The molecule has 4 heteroatoms. The van der Waals surface area contributed by atoms with Crippen LogP contribution in [0.2, 0.25) is 0 Å². The van der Waals surface area contributed by atoms with Crippen LogP contribution in [0.1, 0.15) is 50.3 Å². The molecular weight excluding hydrogens is 260 g/mol. The Balaban J connectivity index is 1.61.